The summed E-state index contributed by atoms with van der Waals surface area (Å²) < 4.78 is 0. The minimum atomic E-state index is -0.214. The second-order valence-corrected chi connectivity index (χ2v) is 8.38. The number of nitrogens with one attached hydrogen (secondary N) is 2. The molecule has 0 aliphatic rings. The van der Waals surface area contributed by atoms with Gasteiger partial charge >= 0.3 is 0 Å². The summed E-state index contributed by atoms with van der Waals surface area (Å²) in [6, 6.07) is 9.08. The second kappa shape index (κ2) is 8.90. The monoisotopic (exact) mass is 426 g/mol. The van der Waals surface area contributed by atoms with Crippen LogP contribution in [0.4, 0.5) is 0 Å². The number of halogens is 2. The first-order chi connectivity index (χ1) is 12.5. The highest BCUT2D eigenvalue weighted by molar-refractivity contribution is 7.99. The second-order valence-electron chi connectivity index (χ2n) is 5.56. The van der Waals surface area contributed by atoms with E-state index in [9.17, 15) is 4.79 Å². The third-order valence-corrected chi connectivity index (χ3v) is 5.86. The molecular formula is C17H16Cl2N4OS2. The summed E-state index contributed by atoms with van der Waals surface area (Å²) in [5.41, 5.74) is 0.825. The van der Waals surface area contributed by atoms with E-state index < -0.39 is 0 Å². The fraction of sp³-hybridized carbons (Fsp3) is 0.235. The maximum Gasteiger partial charge on any atom is 0.230 e. The molecule has 9 heteroatoms. The van der Waals surface area contributed by atoms with Crippen LogP contribution in [-0.2, 0) is 11.2 Å². The van der Waals surface area contributed by atoms with Gasteiger partial charge in [0.2, 0.25) is 11.1 Å². The van der Waals surface area contributed by atoms with Gasteiger partial charge in [0.15, 0.2) is 0 Å². The minimum absolute atomic E-state index is 0.113. The van der Waals surface area contributed by atoms with Crippen molar-refractivity contribution in [1.29, 1.82) is 0 Å². The standard InChI is InChI=1S/C17H16Cl2N4OS2/c1-10(13-5-4-11(18)7-14(13)19)20-16(24)9-26-17-21-15(22-23-17)8-12-3-2-6-25-12/h2-7,10H,8-9H2,1H3,(H,20,24)(H,21,22,23). The van der Waals surface area contributed by atoms with E-state index in [2.05, 4.69) is 26.6 Å². The van der Waals surface area contributed by atoms with Crippen molar-refractivity contribution in [3.8, 4) is 0 Å². The first kappa shape index (κ1) is 19.2. The van der Waals surface area contributed by atoms with Crippen LogP contribution in [0, 0.1) is 0 Å². The number of thiophene rings is 1. The summed E-state index contributed by atoms with van der Waals surface area (Å²) in [4.78, 5) is 17.8. The Morgan fingerprint density at radius 3 is 2.96 bits per heavy atom. The van der Waals surface area contributed by atoms with Gasteiger partial charge in [-0.05, 0) is 36.1 Å². The predicted molar refractivity (Wildman–Crippen MR) is 107 cm³/mol. The molecule has 1 aromatic carbocycles. The van der Waals surface area contributed by atoms with Gasteiger partial charge < -0.3 is 5.32 Å². The van der Waals surface area contributed by atoms with E-state index in [-0.39, 0.29) is 17.7 Å². The average Bonchev–Trinajstić information content (AvgIpc) is 3.25. The van der Waals surface area contributed by atoms with E-state index in [1.54, 1.807) is 23.5 Å². The largest absolute Gasteiger partial charge is 0.349 e. The van der Waals surface area contributed by atoms with Gasteiger partial charge in [-0.1, -0.05) is 47.1 Å². The van der Waals surface area contributed by atoms with Crippen molar-refractivity contribution in [1.82, 2.24) is 20.5 Å². The van der Waals surface area contributed by atoms with E-state index >= 15 is 0 Å². The number of aromatic nitrogens is 3. The molecule has 136 valence electrons. The zero-order chi connectivity index (χ0) is 18.5. The van der Waals surface area contributed by atoms with Crippen LogP contribution < -0.4 is 5.32 Å². The minimum Gasteiger partial charge on any atom is -0.349 e. The third-order valence-electron chi connectivity index (χ3n) is 3.57. The van der Waals surface area contributed by atoms with Gasteiger partial charge in [-0.15, -0.1) is 16.4 Å². The number of rotatable bonds is 7. The van der Waals surface area contributed by atoms with Crippen LogP contribution in [-0.4, -0.2) is 26.8 Å². The number of amides is 1. The molecule has 0 spiro atoms. The number of carbonyl (C=O) groups is 1. The van der Waals surface area contributed by atoms with Crippen molar-refractivity contribution in [3.63, 3.8) is 0 Å². The molecule has 1 unspecified atom stereocenters. The highest BCUT2D eigenvalue weighted by Gasteiger charge is 2.14. The number of H-pyrrole nitrogens is 1. The number of carbonyl (C=O) groups excluding carboxylic acids is 1. The smallest absolute Gasteiger partial charge is 0.230 e. The molecule has 0 fully saturated rings. The summed E-state index contributed by atoms with van der Waals surface area (Å²) in [6.45, 7) is 1.88. The van der Waals surface area contributed by atoms with E-state index in [0.717, 1.165) is 11.4 Å². The van der Waals surface area contributed by atoms with Crippen LogP contribution in [0.3, 0.4) is 0 Å². The van der Waals surface area contributed by atoms with E-state index in [4.69, 9.17) is 23.2 Å². The highest BCUT2D eigenvalue weighted by atomic mass is 35.5. The van der Waals surface area contributed by atoms with Gasteiger partial charge in [0.25, 0.3) is 0 Å². The van der Waals surface area contributed by atoms with Crippen LogP contribution in [0.5, 0.6) is 0 Å². The van der Waals surface area contributed by atoms with Gasteiger partial charge in [-0.2, -0.15) is 0 Å². The molecule has 3 aromatic rings. The molecule has 0 aliphatic carbocycles. The molecule has 3 rings (SSSR count). The van der Waals surface area contributed by atoms with Gasteiger partial charge in [-0.25, -0.2) is 4.98 Å². The summed E-state index contributed by atoms with van der Waals surface area (Å²) in [5, 5.41) is 13.7. The molecule has 26 heavy (non-hydrogen) atoms. The lowest BCUT2D eigenvalue weighted by atomic mass is 10.1. The van der Waals surface area contributed by atoms with Crippen molar-refractivity contribution in [2.24, 2.45) is 0 Å². The van der Waals surface area contributed by atoms with Crippen LogP contribution in [0.25, 0.3) is 0 Å². The molecule has 1 atom stereocenters. The van der Waals surface area contributed by atoms with E-state index in [1.807, 2.05) is 24.4 Å². The van der Waals surface area contributed by atoms with Crippen LogP contribution in [0.1, 0.15) is 29.2 Å². The number of hydrogen-bond acceptors (Lipinski definition) is 5. The maximum atomic E-state index is 12.2. The van der Waals surface area contributed by atoms with E-state index in [0.29, 0.717) is 21.6 Å². The third kappa shape index (κ3) is 5.23. The van der Waals surface area contributed by atoms with Gasteiger partial charge in [-0.3, -0.25) is 9.89 Å². The van der Waals surface area contributed by atoms with Crippen molar-refractivity contribution >= 4 is 52.2 Å². The predicted octanol–water partition coefficient (Wildman–Crippen LogP) is 4.73. The fourth-order valence-electron chi connectivity index (χ4n) is 2.34. The Labute approximate surface area is 169 Å². The number of benzene rings is 1. The molecular weight excluding hydrogens is 411 g/mol. The van der Waals surface area contributed by atoms with Gasteiger partial charge in [0.05, 0.1) is 11.8 Å². The van der Waals surface area contributed by atoms with Crippen molar-refractivity contribution in [2.45, 2.75) is 24.5 Å². The van der Waals surface area contributed by atoms with Crippen LogP contribution in [0.2, 0.25) is 10.0 Å². The Balaban J connectivity index is 1.50. The Morgan fingerprint density at radius 2 is 2.23 bits per heavy atom. The van der Waals surface area contributed by atoms with Crippen molar-refractivity contribution < 1.29 is 4.79 Å². The Morgan fingerprint density at radius 1 is 1.38 bits per heavy atom. The Bertz CT molecular complexity index is 883. The first-order valence-electron chi connectivity index (χ1n) is 7.82. The summed E-state index contributed by atoms with van der Waals surface area (Å²) in [6.07, 6.45) is 0.712. The first-order valence-corrected chi connectivity index (χ1v) is 10.4. The summed E-state index contributed by atoms with van der Waals surface area (Å²) in [7, 11) is 0. The lowest BCUT2D eigenvalue weighted by molar-refractivity contribution is -0.119. The van der Waals surface area contributed by atoms with Crippen molar-refractivity contribution in [2.75, 3.05) is 5.75 Å². The maximum absolute atomic E-state index is 12.2. The molecule has 5 nitrogen and oxygen atoms in total. The Kier molecular flexibility index (Phi) is 6.58. The molecule has 2 N–H and O–H groups in total. The molecule has 2 heterocycles. The highest BCUT2D eigenvalue weighted by Crippen LogP contribution is 2.26. The molecule has 1 amide bonds. The van der Waals surface area contributed by atoms with Crippen LogP contribution >= 0.6 is 46.3 Å². The number of aromatic amines is 1. The molecule has 0 saturated carbocycles. The normalized spacial score (nSPS) is 12.1. The number of nitrogens with zero attached hydrogens (tertiary/aromatic N) is 2. The van der Waals surface area contributed by atoms with Crippen molar-refractivity contribution in [3.05, 3.63) is 62.0 Å². The molecule has 0 aliphatic heterocycles. The molecule has 0 radical (unpaired) electrons. The number of thioether (sulfide) groups is 1. The molecule has 0 saturated heterocycles. The number of hydrogen-bond donors (Lipinski definition) is 2. The van der Waals surface area contributed by atoms with E-state index in [1.165, 1.54) is 16.6 Å². The van der Waals surface area contributed by atoms with Crippen LogP contribution in [0.15, 0.2) is 40.9 Å². The van der Waals surface area contributed by atoms with Gasteiger partial charge in [0, 0.05) is 21.3 Å². The molecule has 0 bridgehead atoms. The molecule has 2 aromatic heterocycles. The zero-order valence-electron chi connectivity index (χ0n) is 13.8. The topological polar surface area (TPSA) is 70.7 Å². The summed E-state index contributed by atoms with van der Waals surface area (Å²) in [5.74, 6) is 0.904. The SMILES string of the molecule is CC(NC(=O)CSc1n[nH]c(Cc2cccs2)n1)c1ccc(Cl)cc1Cl. The zero-order valence-corrected chi connectivity index (χ0v) is 17.0. The lowest BCUT2D eigenvalue weighted by Crippen LogP contribution is -2.28. The Hall–Kier alpha value is -1.54. The van der Waals surface area contributed by atoms with Gasteiger partial charge in [0.1, 0.15) is 5.82 Å². The lowest BCUT2D eigenvalue weighted by Gasteiger charge is -2.15. The summed E-state index contributed by atoms with van der Waals surface area (Å²) >= 11 is 15.0. The average molecular weight is 427 g/mol. The quantitative estimate of drug-likeness (QED) is 0.535. The fourth-order valence-corrected chi connectivity index (χ4v) is 4.25.